The van der Waals surface area contributed by atoms with Crippen molar-refractivity contribution < 1.29 is 4.42 Å². The van der Waals surface area contributed by atoms with Crippen LogP contribution in [0.2, 0.25) is 0 Å². The summed E-state index contributed by atoms with van der Waals surface area (Å²) in [6.45, 7) is 2.09. The van der Waals surface area contributed by atoms with Gasteiger partial charge in [-0.15, -0.1) is 11.3 Å². The molecule has 2 heterocycles. The SMILES string of the molecule is Cc1sc(Br)cc1-c1ccco1. The van der Waals surface area contributed by atoms with Gasteiger partial charge in [0.25, 0.3) is 0 Å². The summed E-state index contributed by atoms with van der Waals surface area (Å²) in [6.07, 6.45) is 1.69. The third-order valence-electron chi connectivity index (χ3n) is 1.67. The molecule has 0 saturated carbocycles. The molecule has 0 radical (unpaired) electrons. The minimum Gasteiger partial charge on any atom is -0.464 e. The first-order valence-corrected chi connectivity index (χ1v) is 5.18. The molecule has 12 heavy (non-hydrogen) atoms. The van der Waals surface area contributed by atoms with Crippen LogP contribution in [0.3, 0.4) is 0 Å². The van der Waals surface area contributed by atoms with Gasteiger partial charge < -0.3 is 4.42 Å². The first-order valence-electron chi connectivity index (χ1n) is 3.57. The zero-order valence-corrected chi connectivity index (χ0v) is 8.91. The van der Waals surface area contributed by atoms with Crippen molar-refractivity contribution in [3.05, 3.63) is 33.1 Å². The molecule has 2 aromatic rings. The monoisotopic (exact) mass is 242 g/mol. The van der Waals surface area contributed by atoms with Crippen LogP contribution in [0.25, 0.3) is 11.3 Å². The first-order chi connectivity index (χ1) is 5.77. The fraction of sp³-hybridized carbons (Fsp3) is 0.111. The lowest BCUT2D eigenvalue weighted by molar-refractivity contribution is 0.582. The fourth-order valence-corrected chi connectivity index (χ4v) is 2.82. The summed E-state index contributed by atoms with van der Waals surface area (Å²) in [5.41, 5.74) is 1.18. The van der Waals surface area contributed by atoms with Gasteiger partial charge in [0.15, 0.2) is 0 Å². The van der Waals surface area contributed by atoms with Gasteiger partial charge in [0, 0.05) is 10.4 Å². The Morgan fingerprint density at radius 3 is 2.83 bits per heavy atom. The molecule has 3 heteroatoms. The molecular weight excluding hydrogens is 236 g/mol. The Morgan fingerprint density at radius 1 is 1.50 bits per heavy atom. The third kappa shape index (κ3) is 1.34. The molecule has 0 aromatic carbocycles. The summed E-state index contributed by atoms with van der Waals surface area (Å²) < 4.78 is 6.44. The van der Waals surface area contributed by atoms with Crippen LogP contribution in [0.4, 0.5) is 0 Å². The Bertz CT molecular complexity index is 375. The highest BCUT2D eigenvalue weighted by Gasteiger charge is 2.07. The largest absolute Gasteiger partial charge is 0.464 e. The van der Waals surface area contributed by atoms with Crippen molar-refractivity contribution in [1.82, 2.24) is 0 Å². The van der Waals surface area contributed by atoms with E-state index < -0.39 is 0 Å². The molecule has 0 aliphatic rings. The molecule has 0 bridgehead atoms. The summed E-state index contributed by atoms with van der Waals surface area (Å²) >= 11 is 5.17. The highest BCUT2D eigenvalue weighted by Crippen LogP contribution is 2.33. The predicted molar refractivity (Wildman–Crippen MR) is 54.5 cm³/mol. The fourth-order valence-electron chi connectivity index (χ4n) is 1.12. The van der Waals surface area contributed by atoms with Gasteiger partial charge in [0.1, 0.15) is 5.76 Å². The second-order valence-corrected chi connectivity index (χ2v) is 5.13. The molecular formula is C9H7BrOS. The summed E-state index contributed by atoms with van der Waals surface area (Å²) in [7, 11) is 0. The van der Waals surface area contributed by atoms with Gasteiger partial charge in [-0.25, -0.2) is 0 Å². The molecule has 1 nitrogen and oxygen atoms in total. The van der Waals surface area contributed by atoms with Gasteiger partial charge in [0.2, 0.25) is 0 Å². The number of thiophene rings is 1. The molecule has 0 atom stereocenters. The van der Waals surface area contributed by atoms with Crippen molar-refractivity contribution in [2.24, 2.45) is 0 Å². The average Bonchev–Trinajstić information content (AvgIpc) is 2.58. The van der Waals surface area contributed by atoms with Gasteiger partial charge in [-0.05, 0) is 41.1 Å². The predicted octanol–water partition coefficient (Wildman–Crippen LogP) is 4.08. The van der Waals surface area contributed by atoms with Crippen molar-refractivity contribution in [2.75, 3.05) is 0 Å². The van der Waals surface area contributed by atoms with Crippen molar-refractivity contribution >= 4 is 27.3 Å². The molecule has 0 aliphatic carbocycles. The Labute approximate surface area is 83.2 Å². The maximum absolute atomic E-state index is 5.30. The number of halogens is 1. The molecule has 0 N–H and O–H groups in total. The normalized spacial score (nSPS) is 10.5. The maximum Gasteiger partial charge on any atom is 0.134 e. The van der Waals surface area contributed by atoms with Crippen LogP contribution >= 0.6 is 27.3 Å². The van der Waals surface area contributed by atoms with Crippen molar-refractivity contribution in [1.29, 1.82) is 0 Å². The molecule has 0 fully saturated rings. The molecule has 0 saturated heterocycles. The number of hydrogen-bond acceptors (Lipinski definition) is 2. The van der Waals surface area contributed by atoms with Crippen LogP contribution in [-0.2, 0) is 0 Å². The Balaban J connectivity index is 2.54. The zero-order chi connectivity index (χ0) is 8.55. The van der Waals surface area contributed by atoms with E-state index in [9.17, 15) is 0 Å². The van der Waals surface area contributed by atoms with Crippen molar-refractivity contribution in [3.63, 3.8) is 0 Å². The number of furan rings is 1. The first kappa shape index (κ1) is 8.08. The van der Waals surface area contributed by atoms with Crippen LogP contribution in [0.5, 0.6) is 0 Å². The molecule has 0 aliphatic heterocycles. The molecule has 2 rings (SSSR count). The molecule has 2 aromatic heterocycles. The minimum atomic E-state index is 0.939. The van der Waals surface area contributed by atoms with E-state index in [1.165, 1.54) is 10.4 Å². The minimum absolute atomic E-state index is 0.939. The Hall–Kier alpha value is -0.540. The molecule has 0 amide bonds. The number of aryl methyl sites for hydroxylation is 1. The van der Waals surface area contributed by atoms with E-state index in [-0.39, 0.29) is 0 Å². The van der Waals surface area contributed by atoms with Gasteiger partial charge in [0.05, 0.1) is 10.0 Å². The Morgan fingerprint density at radius 2 is 2.33 bits per heavy atom. The zero-order valence-electron chi connectivity index (χ0n) is 6.50. The summed E-state index contributed by atoms with van der Waals surface area (Å²) in [4.78, 5) is 1.27. The van der Waals surface area contributed by atoms with Gasteiger partial charge in [-0.2, -0.15) is 0 Å². The Kier molecular flexibility index (Phi) is 2.07. The van der Waals surface area contributed by atoms with E-state index in [1.54, 1.807) is 17.6 Å². The number of rotatable bonds is 1. The van der Waals surface area contributed by atoms with Crippen molar-refractivity contribution in [3.8, 4) is 11.3 Å². The lowest BCUT2D eigenvalue weighted by Gasteiger charge is -1.91. The van der Waals surface area contributed by atoms with Gasteiger partial charge in [-0.3, -0.25) is 0 Å². The van der Waals surface area contributed by atoms with E-state index >= 15 is 0 Å². The number of hydrogen-bond donors (Lipinski definition) is 0. The van der Waals surface area contributed by atoms with E-state index in [2.05, 4.69) is 28.9 Å². The third-order valence-corrected chi connectivity index (χ3v) is 3.23. The lowest BCUT2D eigenvalue weighted by atomic mass is 10.2. The second-order valence-electron chi connectivity index (χ2n) is 2.50. The van der Waals surface area contributed by atoms with Crippen LogP contribution in [-0.4, -0.2) is 0 Å². The van der Waals surface area contributed by atoms with E-state index in [0.29, 0.717) is 0 Å². The summed E-state index contributed by atoms with van der Waals surface area (Å²) in [6, 6.07) is 5.96. The van der Waals surface area contributed by atoms with E-state index in [1.807, 2.05) is 12.1 Å². The van der Waals surface area contributed by atoms with Crippen LogP contribution in [0.15, 0.2) is 32.7 Å². The summed E-state index contributed by atoms with van der Waals surface area (Å²) in [5.74, 6) is 0.939. The lowest BCUT2D eigenvalue weighted by Crippen LogP contribution is -1.69. The maximum atomic E-state index is 5.30. The highest BCUT2D eigenvalue weighted by molar-refractivity contribution is 9.11. The van der Waals surface area contributed by atoms with Crippen LogP contribution < -0.4 is 0 Å². The average molecular weight is 243 g/mol. The molecule has 0 unspecified atom stereocenters. The van der Waals surface area contributed by atoms with E-state index in [0.717, 1.165) is 9.55 Å². The topological polar surface area (TPSA) is 13.1 Å². The molecule has 0 spiro atoms. The summed E-state index contributed by atoms with van der Waals surface area (Å²) in [5, 5.41) is 0. The van der Waals surface area contributed by atoms with E-state index in [4.69, 9.17) is 4.42 Å². The molecule has 62 valence electrons. The van der Waals surface area contributed by atoms with Crippen molar-refractivity contribution in [2.45, 2.75) is 6.92 Å². The smallest absolute Gasteiger partial charge is 0.134 e. The second kappa shape index (κ2) is 3.07. The quantitative estimate of drug-likeness (QED) is 0.735. The van der Waals surface area contributed by atoms with Gasteiger partial charge in [-0.1, -0.05) is 0 Å². The van der Waals surface area contributed by atoms with Crippen LogP contribution in [0, 0.1) is 6.92 Å². The standard InChI is InChI=1S/C9H7BrOS/c1-6-7(5-9(10)12-6)8-3-2-4-11-8/h2-5H,1H3. The van der Waals surface area contributed by atoms with Gasteiger partial charge >= 0.3 is 0 Å². The highest BCUT2D eigenvalue weighted by atomic mass is 79.9. The van der Waals surface area contributed by atoms with Crippen LogP contribution in [0.1, 0.15) is 4.88 Å².